The molecule has 8 heteroatoms. The number of hydrogen-bond acceptors (Lipinski definition) is 5. The molecule has 0 N–H and O–H groups in total. The van der Waals surface area contributed by atoms with Crippen molar-refractivity contribution in [1.82, 2.24) is 14.9 Å². The normalized spacial score (nSPS) is 18.7. The van der Waals surface area contributed by atoms with Crippen molar-refractivity contribution in [2.45, 2.75) is 44.3 Å². The van der Waals surface area contributed by atoms with Gasteiger partial charge in [-0.1, -0.05) is 0 Å². The number of aromatic nitrogens is 2. The van der Waals surface area contributed by atoms with Crippen LogP contribution in [-0.4, -0.2) is 52.9 Å². The lowest BCUT2D eigenvalue weighted by Crippen LogP contribution is -2.44. The summed E-state index contributed by atoms with van der Waals surface area (Å²) < 4.78 is 40.5. The molecule has 2 saturated heterocycles. The zero-order valence-electron chi connectivity index (χ0n) is 16.7. The minimum atomic E-state index is -4.51. The second kappa shape index (κ2) is 8.71. The number of piperidine rings is 1. The number of carbonyl (C=O) groups is 1. The molecule has 1 aromatic carbocycles. The number of benzene rings is 1. The molecule has 0 spiro atoms. The maximum absolute atomic E-state index is 13.5. The van der Waals surface area contributed by atoms with E-state index in [1.54, 1.807) is 12.1 Å². The predicted molar refractivity (Wildman–Crippen MR) is 108 cm³/mol. The molecule has 2 aliphatic rings. The summed E-state index contributed by atoms with van der Waals surface area (Å²) in [4.78, 5) is 25.0. The van der Waals surface area contributed by atoms with Crippen molar-refractivity contribution >= 4 is 11.5 Å². The Morgan fingerprint density at radius 2 is 1.80 bits per heavy atom. The number of likely N-dealkylation sites (tertiary alicyclic amines) is 1. The van der Waals surface area contributed by atoms with Gasteiger partial charge in [-0.2, -0.15) is 13.2 Å². The van der Waals surface area contributed by atoms with Crippen LogP contribution >= 0.6 is 0 Å². The first-order chi connectivity index (χ1) is 14.4. The number of ketones is 1. The van der Waals surface area contributed by atoms with Crippen molar-refractivity contribution in [2.24, 2.45) is 0 Å². The van der Waals surface area contributed by atoms with Gasteiger partial charge in [-0.25, -0.2) is 9.97 Å². The van der Waals surface area contributed by atoms with Gasteiger partial charge in [0.15, 0.2) is 5.78 Å². The third kappa shape index (κ3) is 4.80. The summed E-state index contributed by atoms with van der Waals surface area (Å²) in [7, 11) is 0. The van der Waals surface area contributed by atoms with Gasteiger partial charge in [0.1, 0.15) is 6.33 Å². The van der Waals surface area contributed by atoms with Gasteiger partial charge in [-0.15, -0.1) is 0 Å². The van der Waals surface area contributed by atoms with E-state index in [9.17, 15) is 18.0 Å². The van der Waals surface area contributed by atoms with Crippen molar-refractivity contribution in [2.75, 3.05) is 31.1 Å². The lowest BCUT2D eigenvalue weighted by atomic mass is 9.99. The molecule has 4 rings (SSSR count). The van der Waals surface area contributed by atoms with Gasteiger partial charge in [0.05, 0.1) is 17.7 Å². The van der Waals surface area contributed by atoms with E-state index in [-0.39, 0.29) is 17.8 Å². The zero-order chi connectivity index (χ0) is 21.1. The van der Waals surface area contributed by atoms with E-state index in [4.69, 9.17) is 0 Å². The van der Waals surface area contributed by atoms with Crippen molar-refractivity contribution in [3.8, 4) is 0 Å². The Morgan fingerprint density at radius 1 is 1.07 bits per heavy atom. The molecule has 0 atom stereocenters. The summed E-state index contributed by atoms with van der Waals surface area (Å²) in [5.41, 5.74) is 0.240. The monoisotopic (exact) mass is 418 g/mol. The van der Waals surface area contributed by atoms with Crippen LogP contribution in [0.3, 0.4) is 0 Å². The highest BCUT2D eigenvalue weighted by Crippen LogP contribution is 2.34. The van der Waals surface area contributed by atoms with Crippen LogP contribution in [0.4, 0.5) is 18.9 Å². The smallest absolute Gasteiger partial charge is 0.371 e. The van der Waals surface area contributed by atoms with Crippen molar-refractivity contribution in [3.05, 3.63) is 53.6 Å². The van der Waals surface area contributed by atoms with Crippen LogP contribution in [0.5, 0.6) is 0 Å². The molecule has 2 fully saturated rings. The molecule has 0 saturated carbocycles. The number of nitrogens with zero attached hydrogens (tertiary/aromatic N) is 4. The van der Waals surface area contributed by atoms with Gasteiger partial charge in [-0.3, -0.25) is 4.79 Å². The number of alkyl halides is 3. The summed E-state index contributed by atoms with van der Waals surface area (Å²) in [5.74, 6) is -0.381. The fourth-order valence-corrected chi connectivity index (χ4v) is 4.40. The Kier molecular flexibility index (Phi) is 6.04. The summed E-state index contributed by atoms with van der Waals surface area (Å²) in [6, 6.07) is 5.81. The van der Waals surface area contributed by atoms with Gasteiger partial charge in [0, 0.05) is 36.6 Å². The SMILES string of the molecule is O=C(Cc1ccncn1)c1cc(N2CCC(N3CCCC3)CC2)cc(C(F)(F)F)c1. The van der Waals surface area contributed by atoms with Crippen LogP contribution in [0, 0.1) is 0 Å². The summed E-state index contributed by atoms with van der Waals surface area (Å²) in [5, 5.41) is 0. The number of anilines is 1. The molecule has 2 aromatic rings. The molecule has 2 aliphatic heterocycles. The van der Waals surface area contributed by atoms with Crippen LogP contribution in [0.1, 0.15) is 47.3 Å². The third-order valence-corrected chi connectivity index (χ3v) is 6.04. The van der Waals surface area contributed by atoms with Gasteiger partial charge in [-0.05, 0) is 63.0 Å². The summed E-state index contributed by atoms with van der Waals surface area (Å²) in [6.45, 7) is 3.63. The Balaban J connectivity index is 1.54. The highest BCUT2D eigenvalue weighted by Gasteiger charge is 2.33. The lowest BCUT2D eigenvalue weighted by Gasteiger charge is -2.38. The topological polar surface area (TPSA) is 49.3 Å². The van der Waals surface area contributed by atoms with Crippen molar-refractivity contribution in [3.63, 3.8) is 0 Å². The highest BCUT2D eigenvalue weighted by atomic mass is 19.4. The van der Waals surface area contributed by atoms with E-state index in [0.717, 1.165) is 38.1 Å². The molecule has 3 heterocycles. The van der Waals surface area contributed by atoms with E-state index < -0.39 is 11.7 Å². The number of carbonyl (C=O) groups excluding carboxylic acids is 1. The highest BCUT2D eigenvalue weighted by molar-refractivity contribution is 5.98. The third-order valence-electron chi connectivity index (χ3n) is 6.04. The standard InChI is InChI=1S/C22H25F3N4O/c23-22(24,25)17-11-16(21(30)14-18-3-6-26-15-27-18)12-20(13-17)29-9-4-19(5-10-29)28-7-1-2-8-28/h3,6,11-13,15,19H,1-2,4-5,7-10,14H2. The molecule has 160 valence electrons. The Hall–Kier alpha value is -2.48. The first-order valence-electron chi connectivity index (χ1n) is 10.4. The Labute approximate surface area is 173 Å². The maximum Gasteiger partial charge on any atom is 0.416 e. The molecular formula is C22H25F3N4O. The van der Waals surface area contributed by atoms with Crippen molar-refractivity contribution in [1.29, 1.82) is 0 Å². The lowest BCUT2D eigenvalue weighted by molar-refractivity contribution is -0.137. The Bertz CT molecular complexity index is 874. The molecule has 0 aliphatic carbocycles. The minimum Gasteiger partial charge on any atom is -0.371 e. The largest absolute Gasteiger partial charge is 0.416 e. The quantitative estimate of drug-likeness (QED) is 0.688. The van der Waals surface area contributed by atoms with Crippen LogP contribution in [0.25, 0.3) is 0 Å². The number of halogens is 3. The number of Topliss-reactive ketones (excluding diaryl/α,β-unsaturated/α-hetero) is 1. The van der Waals surface area contributed by atoms with E-state index in [0.29, 0.717) is 30.5 Å². The van der Waals surface area contributed by atoms with Gasteiger partial charge < -0.3 is 9.80 Å². The predicted octanol–water partition coefficient (Wildman–Crippen LogP) is 3.99. The van der Waals surface area contributed by atoms with E-state index in [2.05, 4.69) is 14.9 Å². The fourth-order valence-electron chi connectivity index (χ4n) is 4.40. The van der Waals surface area contributed by atoms with E-state index in [1.165, 1.54) is 25.4 Å². The molecule has 1 aromatic heterocycles. The average Bonchev–Trinajstić information content (AvgIpc) is 3.28. The minimum absolute atomic E-state index is 0.0553. The molecule has 5 nitrogen and oxygen atoms in total. The summed E-state index contributed by atoms with van der Waals surface area (Å²) >= 11 is 0. The second-order valence-corrected chi connectivity index (χ2v) is 8.03. The van der Waals surface area contributed by atoms with Gasteiger partial charge in [0.2, 0.25) is 0 Å². The van der Waals surface area contributed by atoms with Crippen LogP contribution in [0.15, 0.2) is 36.8 Å². The fraction of sp³-hybridized carbons (Fsp3) is 0.500. The second-order valence-electron chi connectivity index (χ2n) is 8.03. The van der Waals surface area contributed by atoms with Gasteiger partial charge in [0.25, 0.3) is 0 Å². The summed E-state index contributed by atoms with van der Waals surface area (Å²) in [6.07, 6.45) is 2.59. The number of hydrogen-bond donors (Lipinski definition) is 0. The molecule has 0 bridgehead atoms. The van der Waals surface area contributed by atoms with Crippen LogP contribution in [-0.2, 0) is 12.6 Å². The van der Waals surface area contributed by atoms with Crippen molar-refractivity contribution < 1.29 is 18.0 Å². The average molecular weight is 418 g/mol. The van der Waals surface area contributed by atoms with Crippen LogP contribution < -0.4 is 4.90 Å². The Morgan fingerprint density at radius 3 is 2.43 bits per heavy atom. The first-order valence-corrected chi connectivity index (χ1v) is 10.4. The molecule has 30 heavy (non-hydrogen) atoms. The molecule has 0 unspecified atom stereocenters. The van der Waals surface area contributed by atoms with Gasteiger partial charge >= 0.3 is 6.18 Å². The van der Waals surface area contributed by atoms with E-state index in [1.807, 2.05) is 4.90 Å². The molecular weight excluding hydrogens is 393 g/mol. The van der Waals surface area contributed by atoms with E-state index >= 15 is 0 Å². The van der Waals surface area contributed by atoms with Crippen LogP contribution in [0.2, 0.25) is 0 Å². The first kappa shape index (κ1) is 20.8. The molecule has 0 amide bonds. The zero-order valence-corrected chi connectivity index (χ0v) is 16.7. The number of rotatable bonds is 5. The maximum atomic E-state index is 13.5. The molecule has 0 radical (unpaired) electrons.